The zero-order valence-corrected chi connectivity index (χ0v) is 14.1. The van der Waals surface area contributed by atoms with Crippen LogP contribution in [0.25, 0.3) is 0 Å². The third kappa shape index (κ3) is 3.92. The van der Waals surface area contributed by atoms with Crippen molar-refractivity contribution in [1.29, 1.82) is 0 Å². The van der Waals surface area contributed by atoms with Gasteiger partial charge in [0, 0.05) is 12.6 Å². The lowest BCUT2D eigenvalue weighted by Gasteiger charge is -2.36. The van der Waals surface area contributed by atoms with Crippen molar-refractivity contribution < 1.29 is 14.1 Å². The number of aromatic nitrogens is 1. The van der Waals surface area contributed by atoms with Crippen LogP contribution in [0.1, 0.15) is 37.0 Å². The molecule has 2 aromatic heterocycles. The van der Waals surface area contributed by atoms with Gasteiger partial charge in [0.15, 0.2) is 5.76 Å². The highest BCUT2D eigenvalue weighted by Crippen LogP contribution is 2.26. The molecule has 0 saturated carbocycles. The lowest BCUT2D eigenvalue weighted by Crippen LogP contribution is -2.49. The van der Waals surface area contributed by atoms with Crippen LogP contribution in [-0.2, 0) is 17.7 Å². The van der Waals surface area contributed by atoms with Crippen LogP contribution in [0.5, 0.6) is 0 Å². The molecule has 2 atom stereocenters. The Morgan fingerprint density at radius 1 is 1.52 bits per heavy atom. The van der Waals surface area contributed by atoms with Gasteiger partial charge in [-0.3, -0.25) is 0 Å². The molecule has 2 amide bonds. The number of nitrogens with zero attached hydrogens (tertiary/aromatic N) is 2. The van der Waals surface area contributed by atoms with Gasteiger partial charge < -0.3 is 19.5 Å². The van der Waals surface area contributed by atoms with Gasteiger partial charge in [-0.2, -0.15) is 11.3 Å². The van der Waals surface area contributed by atoms with Crippen molar-refractivity contribution in [2.75, 3.05) is 13.1 Å². The molecule has 0 aliphatic carbocycles. The normalized spacial score (nSPS) is 21.4. The van der Waals surface area contributed by atoms with Crippen molar-refractivity contribution in [3.05, 3.63) is 39.9 Å². The molecule has 0 radical (unpaired) electrons. The summed E-state index contributed by atoms with van der Waals surface area (Å²) in [6.45, 7) is 5.50. The summed E-state index contributed by atoms with van der Waals surface area (Å²) in [5.74, 6) is 0.672. The highest BCUT2D eigenvalue weighted by atomic mass is 32.1. The van der Waals surface area contributed by atoms with Crippen molar-refractivity contribution in [1.82, 2.24) is 15.4 Å². The number of aryl methyl sites for hydroxylation is 1. The number of ether oxygens (including phenoxy) is 1. The Bertz CT molecular complexity index is 641. The monoisotopic (exact) mass is 335 g/mol. The molecule has 124 valence electrons. The van der Waals surface area contributed by atoms with Gasteiger partial charge >= 0.3 is 6.03 Å². The van der Waals surface area contributed by atoms with Crippen LogP contribution in [0, 0.1) is 0 Å². The quantitative estimate of drug-likeness (QED) is 0.933. The van der Waals surface area contributed by atoms with Crippen LogP contribution in [0.2, 0.25) is 0 Å². The van der Waals surface area contributed by atoms with Gasteiger partial charge in [0.05, 0.1) is 24.9 Å². The standard InChI is InChI=1S/C16H21N3O3S/c1-3-13-6-14(22-18-13)7-17-16(20)19-8-11(2)21-15(9-19)12-4-5-23-10-12/h4-6,10-11,15H,3,7-9H2,1-2H3,(H,17,20)/t11-,15+/m0/s1. The highest BCUT2D eigenvalue weighted by molar-refractivity contribution is 7.07. The average molecular weight is 335 g/mol. The van der Waals surface area contributed by atoms with Gasteiger partial charge in [0.2, 0.25) is 0 Å². The molecule has 23 heavy (non-hydrogen) atoms. The first-order chi connectivity index (χ1) is 11.2. The maximum absolute atomic E-state index is 12.4. The zero-order chi connectivity index (χ0) is 16.2. The molecule has 1 aliphatic heterocycles. The molecule has 2 aromatic rings. The van der Waals surface area contributed by atoms with E-state index in [1.807, 2.05) is 31.4 Å². The van der Waals surface area contributed by atoms with E-state index in [-0.39, 0.29) is 18.2 Å². The van der Waals surface area contributed by atoms with E-state index >= 15 is 0 Å². The summed E-state index contributed by atoms with van der Waals surface area (Å²) >= 11 is 1.64. The van der Waals surface area contributed by atoms with Gasteiger partial charge in [-0.25, -0.2) is 4.79 Å². The van der Waals surface area contributed by atoms with Crippen LogP contribution < -0.4 is 5.32 Å². The third-order valence-corrected chi connectivity index (χ3v) is 4.55. The SMILES string of the molecule is CCc1cc(CNC(=O)N2C[C@H](C)O[C@@H](c3ccsc3)C2)on1. The fourth-order valence-corrected chi connectivity index (χ4v) is 3.34. The summed E-state index contributed by atoms with van der Waals surface area (Å²) in [6, 6.07) is 3.82. The lowest BCUT2D eigenvalue weighted by atomic mass is 10.1. The molecule has 1 fully saturated rings. The Labute approximate surface area is 139 Å². The summed E-state index contributed by atoms with van der Waals surface area (Å²) in [6.07, 6.45) is 0.768. The molecule has 1 aliphatic rings. The van der Waals surface area contributed by atoms with E-state index in [0.717, 1.165) is 17.7 Å². The molecule has 3 rings (SSSR count). The Balaban J connectivity index is 1.57. The van der Waals surface area contributed by atoms with Crippen LogP contribution in [-0.4, -0.2) is 35.3 Å². The van der Waals surface area contributed by atoms with Gasteiger partial charge in [0.25, 0.3) is 0 Å². The van der Waals surface area contributed by atoms with E-state index < -0.39 is 0 Å². The molecule has 7 heteroatoms. The van der Waals surface area contributed by atoms with Gasteiger partial charge in [0.1, 0.15) is 6.10 Å². The molecular formula is C16H21N3O3S. The number of carbonyl (C=O) groups excluding carboxylic acids is 1. The maximum atomic E-state index is 12.4. The van der Waals surface area contributed by atoms with Gasteiger partial charge in [-0.15, -0.1) is 0 Å². The predicted molar refractivity (Wildman–Crippen MR) is 87.3 cm³/mol. The van der Waals surface area contributed by atoms with E-state index in [0.29, 0.717) is 25.4 Å². The van der Waals surface area contributed by atoms with Crippen LogP contribution >= 0.6 is 11.3 Å². The summed E-state index contributed by atoms with van der Waals surface area (Å²) in [5, 5.41) is 10.9. The largest absolute Gasteiger partial charge is 0.367 e. The highest BCUT2D eigenvalue weighted by Gasteiger charge is 2.29. The number of hydrogen-bond acceptors (Lipinski definition) is 5. The second-order valence-electron chi connectivity index (χ2n) is 5.69. The fourth-order valence-electron chi connectivity index (χ4n) is 2.64. The number of urea groups is 1. The van der Waals surface area contributed by atoms with Crippen LogP contribution in [0.3, 0.4) is 0 Å². The second-order valence-corrected chi connectivity index (χ2v) is 6.47. The van der Waals surface area contributed by atoms with Crippen molar-refractivity contribution in [2.45, 2.75) is 39.0 Å². The first-order valence-corrected chi connectivity index (χ1v) is 8.74. The summed E-state index contributed by atoms with van der Waals surface area (Å²) in [5.41, 5.74) is 2.02. The van der Waals surface area contributed by atoms with Crippen LogP contribution in [0.4, 0.5) is 4.79 Å². The van der Waals surface area contributed by atoms with Crippen molar-refractivity contribution >= 4 is 17.4 Å². The van der Waals surface area contributed by atoms with Crippen molar-refractivity contribution in [3.8, 4) is 0 Å². The number of morpholine rings is 1. The van der Waals surface area contributed by atoms with Gasteiger partial charge in [-0.1, -0.05) is 12.1 Å². The average Bonchev–Trinajstić information content (AvgIpc) is 3.23. The molecule has 1 saturated heterocycles. The fraction of sp³-hybridized carbons (Fsp3) is 0.500. The van der Waals surface area contributed by atoms with E-state index in [4.69, 9.17) is 9.26 Å². The maximum Gasteiger partial charge on any atom is 0.317 e. The molecule has 0 unspecified atom stereocenters. The summed E-state index contributed by atoms with van der Waals surface area (Å²) in [7, 11) is 0. The topological polar surface area (TPSA) is 67.6 Å². The number of amides is 2. The number of thiophene rings is 1. The van der Waals surface area contributed by atoms with E-state index in [9.17, 15) is 4.79 Å². The first kappa shape index (κ1) is 16.0. The van der Waals surface area contributed by atoms with Crippen LogP contribution in [0.15, 0.2) is 27.4 Å². The minimum absolute atomic E-state index is 0.0105. The van der Waals surface area contributed by atoms with Crippen molar-refractivity contribution in [2.24, 2.45) is 0 Å². The minimum Gasteiger partial charge on any atom is -0.367 e. The third-order valence-electron chi connectivity index (χ3n) is 3.85. The lowest BCUT2D eigenvalue weighted by molar-refractivity contribution is -0.0655. The second kappa shape index (κ2) is 7.14. The molecule has 1 N–H and O–H groups in total. The molecule has 0 spiro atoms. The van der Waals surface area contributed by atoms with E-state index in [1.54, 1.807) is 16.2 Å². The Morgan fingerprint density at radius 2 is 2.39 bits per heavy atom. The Hall–Kier alpha value is -1.86. The zero-order valence-electron chi connectivity index (χ0n) is 13.3. The Kier molecular flexibility index (Phi) is 4.97. The molecular weight excluding hydrogens is 314 g/mol. The molecule has 0 aromatic carbocycles. The molecule has 3 heterocycles. The smallest absolute Gasteiger partial charge is 0.317 e. The number of hydrogen-bond donors (Lipinski definition) is 1. The predicted octanol–water partition coefficient (Wildman–Crippen LogP) is 2.97. The number of carbonyl (C=O) groups is 1. The van der Waals surface area contributed by atoms with Crippen molar-refractivity contribution in [3.63, 3.8) is 0 Å². The van der Waals surface area contributed by atoms with E-state index in [2.05, 4.69) is 15.9 Å². The van der Waals surface area contributed by atoms with E-state index in [1.165, 1.54) is 0 Å². The molecule has 6 nitrogen and oxygen atoms in total. The summed E-state index contributed by atoms with van der Waals surface area (Å²) < 4.78 is 11.1. The number of nitrogens with one attached hydrogen (secondary N) is 1. The number of rotatable bonds is 4. The molecule has 0 bridgehead atoms. The Morgan fingerprint density at radius 3 is 3.09 bits per heavy atom. The summed E-state index contributed by atoms with van der Waals surface area (Å²) in [4.78, 5) is 14.2. The first-order valence-electron chi connectivity index (χ1n) is 7.80. The minimum atomic E-state index is -0.102. The van der Waals surface area contributed by atoms with Gasteiger partial charge in [-0.05, 0) is 35.7 Å².